The summed E-state index contributed by atoms with van der Waals surface area (Å²) in [6, 6.07) is 11.4. The predicted octanol–water partition coefficient (Wildman–Crippen LogP) is 3.41. The van der Waals surface area contributed by atoms with Crippen LogP contribution in [0.5, 0.6) is 11.5 Å². The fourth-order valence-electron chi connectivity index (χ4n) is 2.59. The fourth-order valence-corrected chi connectivity index (χ4v) is 2.91. The molecule has 0 aliphatic carbocycles. The van der Waals surface area contributed by atoms with Crippen molar-refractivity contribution in [2.45, 2.75) is 19.9 Å². The molecular formula is C16H17N2O2P. The van der Waals surface area contributed by atoms with Gasteiger partial charge in [-0.1, -0.05) is 18.2 Å². The van der Waals surface area contributed by atoms with Gasteiger partial charge in [0.05, 0.1) is 6.04 Å². The minimum Gasteiger partial charge on any atom is -0.457 e. The number of ether oxygens (including phenoxy) is 1. The first-order valence-corrected chi connectivity index (χ1v) is 7.21. The van der Waals surface area contributed by atoms with Gasteiger partial charge in [0.25, 0.3) is 0 Å². The predicted molar refractivity (Wildman–Crippen MR) is 86.2 cm³/mol. The Hall–Kier alpha value is -2.06. The van der Waals surface area contributed by atoms with E-state index in [1.165, 1.54) is 0 Å². The number of carbonyl (C=O) groups is 1. The molecule has 2 unspecified atom stereocenters. The third-order valence-corrected chi connectivity index (χ3v) is 4.32. The summed E-state index contributed by atoms with van der Waals surface area (Å²) in [7, 11) is 2.51. The maximum atomic E-state index is 11.8. The van der Waals surface area contributed by atoms with Crippen LogP contribution in [0.15, 0.2) is 36.4 Å². The first-order chi connectivity index (χ1) is 9.97. The van der Waals surface area contributed by atoms with Crippen molar-refractivity contribution in [2.75, 3.05) is 5.73 Å². The Balaban J connectivity index is 2.21. The van der Waals surface area contributed by atoms with Gasteiger partial charge in [0.1, 0.15) is 11.5 Å². The number of amides is 1. The Labute approximate surface area is 126 Å². The van der Waals surface area contributed by atoms with E-state index in [0.29, 0.717) is 11.4 Å². The zero-order valence-electron chi connectivity index (χ0n) is 12.0. The highest BCUT2D eigenvalue weighted by Crippen LogP contribution is 2.47. The molecule has 1 aliphatic rings. The normalized spacial score (nSPS) is 15.7. The molecule has 5 heteroatoms. The van der Waals surface area contributed by atoms with E-state index in [2.05, 4.69) is 9.39 Å². The number of anilines is 1. The van der Waals surface area contributed by atoms with Crippen molar-refractivity contribution in [3.63, 3.8) is 0 Å². The molecule has 2 atom stereocenters. The van der Waals surface area contributed by atoms with E-state index >= 15 is 0 Å². The third kappa shape index (κ3) is 2.36. The number of rotatable bonds is 1. The number of hydrogen-bond donors (Lipinski definition) is 1. The SMILES string of the molecule is CC(=O)N(P)C1c2ccc(C)cc2Oc2cc(N)ccc21. The standard InChI is InChI=1S/C16H17N2O2P/c1-9-3-5-12-14(7-9)20-15-8-11(17)4-6-13(15)16(12)18(21)10(2)19/h3-8,16H,17,21H2,1-2H3. The zero-order chi connectivity index (χ0) is 15.1. The summed E-state index contributed by atoms with van der Waals surface area (Å²) in [5, 5.41) is 0. The van der Waals surface area contributed by atoms with Crippen LogP contribution in [-0.4, -0.2) is 10.6 Å². The van der Waals surface area contributed by atoms with Gasteiger partial charge in [0.15, 0.2) is 0 Å². The van der Waals surface area contributed by atoms with E-state index in [9.17, 15) is 4.79 Å². The van der Waals surface area contributed by atoms with E-state index in [0.717, 1.165) is 22.4 Å². The van der Waals surface area contributed by atoms with E-state index < -0.39 is 0 Å². The molecule has 0 radical (unpaired) electrons. The average molecular weight is 300 g/mol. The Morgan fingerprint density at radius 3 is 2.48 bits per heavy atom. The fraction of sp³-hybridized carbons (Fsp3) is 0.188. The second-order valence-corrected chi connectivity index (χ2v) is 5.83. The maximum absolute atomic E-state index is 11.8. The van der Waals surface area contributed by atoms with Gasteiger partial charge in [-0.15, -0.1) is 0 Å². The second-order valence-electron chi connectivity index (χ2n) is 5.27. The molecule has 1 amide bonds. The highest BCUT2D eigenvalue weighted by molar-refractivity contribution is 7.14. The molecule has 0 aromatic heterocycles. The number of nitrogen functional groups attached to an aromatic ring is 1. The molecule has 2 N–H and O–H groups in total. The van der Waals surface area contributed by atoms with Crippen molar-refractivity contribution in [3.8, 4) is 11.5 Å². The maximum Gasteiger partial charge on any atom is 0.223 e. The lowest BCUT2D eigenvalue weighted by Gasteiger charge is -2.34. The lowest BCUT2D eigenvalue weighted by molar-refractivity contribution is -0.125. The van der Waals surface area contributed by atoms with Gasteiger partial charge >= 0.3 is 0 Å². The van der Waals surface area contributed by atoms with E-state index in [1.54, 1.807) is 17.7 Å². The largest absolute Gasteiger partial charge is 0.457 e. The molecule has 3 rings (SSSR count). The molecule has 21 heavy (non-hydrogen) atoms. The quantitative estimate of drug-likeness (QED) is 0.648. The van der Waals surface area contributed by atoms with Crippen molar-refractivity contribution in [3.05, 3.63) is 53.1 Å². The molecule has 0 saturated carbocycles. The van der Waals surface area contributed by atoms with Gasteiger partial charge < -0.3 is 15.1 Å². The Kier molecular flexibility index (Phi) is 3.34. The summed E-state index contributed by atoms with van der Waals surface area (Å²) in [5.41, 5.74) is 9.51. The van der Waals surface area contributed by atoms with Gasteiger partial charge in [0, 0.05) is 29.8 Å². The van der Waals surface area contributed by atoms with Gasteiger partial charge in [-0.3, -0.25) is 4.79 Å². The lowest BCUT2D eigenvalue weighted by Crippen LogP contribution is -2.27. The summed E-state index contributed by atoms with van der Waals surface area (Å²) in [5.74, 6) is 1.44. The number of fused-ring (bicyclic) bond motifs is 2. The first-order valence-electron chi connectivity index (χ1n) is 6.69. The molecular weight excluding hydrogens is 283 g/mol. The molecule has 0 bridgehead atoms. The minimum atomic E-state index is -0.188. The van der Waals surface area contributed by atoms with Crippen molar-refractivity contribution >= 4 is 21.0 Å². The van der Waals surface area contributed by atoms with Gasteiger partial charge in [0.2, 0.25) is 5.91 Å². The summed E-state index contributed by atoms with van der Waals surface area (Å²) < 4.78 is 7.62. The number of nitrogens with zero attached hydrogens (tertiary/aromatic N) is 1. The van der Waals surface area contributed by atoms with Gasteiger partial charge in [-0.05, 0) is 34.0 Å². The summed E-state index contributed by atoms with van der Waals surface area (Å²) in [4.78, 5) is 11.8. The van der Waals surface area contributed by atoms with Crippen LogP contribution < -0.4 is 10.5 Å². The third-order valence-electron chi connectivity index (χ3n) is 3.66. The molecule has 0 fully saturated rings. The molecule has 2 aromatic carbocycles. The number of hydrogen-bond acceptors (Lipinski definition) is 3. The van der Waals surface area contributed by atoms with Crippen LogP contribution in [0.3, 0.4) is 0 Å². The second kappa shape index (κ2) is 5.05. The summed E-state index contributed by atoms with van der Waals surface area (Å²) >= 11 is 0. The Bertz CT molecular complexity index is 679. The van der Waals surface area contributed by atoms with Crippen LogP contribution in [-0.2, 0) is 4.79 Å². The minimum absolute atomic E-state index is 0.0267. The van der Waals surface area contributed by atoms with Crippen LogP contribution in [0.25, 0.3) is 0 Å². The number of carbonyl (C=O) groups excluding carboxylic acids is 1. The molecule has 108 valence electrons. The smallest absolute Gasteiger partial charge is 0.223 e. The van der Waals surface area contributed by atoms with Crippen LogP contribution in [0, 0.1) is 6.92 Å². The molecule has 0 saturated heterocycles. The summed E-state index contributed by atoms with van der Waals surface area (Å²) in [6.07, 6.45) is 0. The highest BCUT2D eigenvalue weighted by atomic mass is 31.0. The van der Waals surface area contributed by atoms with E-state index in [-0.39, 0.29) is 11.9 Å². The van der Waals surface area contributed by atoms with Gasteiger partial charge in [-0.2, -0.15) is 0 Å². The van der Waals surface area contributed by atoms with Gasteiger partial charge in [-0.25, -0.2) is 0 Å². The summed E-state index contributed by atoms with van der Waals surface area (Å²) in [6.45, 7) is 3.56. The van der Waals surface area contributed by atoms with Crippen LogP contribution in [0.2, 0.25) is 0 Å². The lowest BCUT2D eigenvalue weighted by atomic mass is 9.93. The molecule has 4 nitrogen and oxygen atoms in total. The van der Waals surface area contributed by atoms with Crippen molar-refractivity contribution in [2.24, 2.45) is 0 Å². The topological polar surface area (TPSA) is 55.6 Å². The Morgan fingerprint density at radius 2 is 1.81 bits per heavy atom. The van der Waals surface area contributed by atoms with E-state index in [1.807, 2.05) is 37.3 Å². The Morgan fingerprint density at radius 1 is 1.19 bits per heavy atom. The average Bonchev–Trinajstić information content (AvgIpc) is 2.43. The van der Waals surface area contributed by atoms with Crippen molar-refractivity contribution in [1.82, 2.24) is 4.67 Å². The number of nitrogens with two attached hydrogens (primary N) is 1. The van der Waals surface area contributed by atoms with Crippen LogP contribution in [0.4, 0.5) is 5.69 Å². The van der Waals surface area contributed by atoms with E-state index in [4.69, 9.17) is 10.5 Å². The number of aryl methyl sites for hydroxylation is 1. The van der Waals surface area contributed by atoms with Crippen LogP contribution >= 0.6 is 9.39 Å². The van der Waals surface area contributed by atoms with Crippen LogP contribution in [0.1, 0.15) is 29.7 Å². The first kappa shape index (κ1) is 13.9. The molecule has 0 spiro atoms. The van der Waals surface area contributed by atoms with Crippen molar-refractivity contribution < 1.29 is 9.53 Å². The molecule has 1 heterocycles. The zero-order valence-corrected chi connectivity index (χ0v) is 13.1. The van der Waals surface area contributed by atoms with Crippen molar-refractivity contribution in [1.29, 1.82) is 0 Å². The monoisotopic (exact) mass is 300 g/mol. The molecule has 2 aromatic rings. The molecule has 1 aliphatic heterocycles. The highest BCUT2D eigenvalue weighted by Gasteiger charge is 2.31. The number of benzene rings is 2.